The minimum absolute atomic E-state index is 0.00243. The average Bonchev–Trinajstić information content (AvgIpc) is 2.44. The molecule has 126 valence electrons. The molecule has 0 unspecified atom stereocenters. The van der Waals surface area contributed by atoms with Gasteiger partial charge in [0.15, 0.2) is 0 Å². The number of benzene rings is 1. The smallest absolute Gasteiger partial charge is 0.119 e. The molecule has 0 saturated carbocycles. The fourth-order valence-corrected chi connectivity index (χ4v) is 5.24. The molecule has 1 aromatic rings. The zero-order valence-corrected chi connectivity index (χ0v) is 14.6. The molecular weight excluding hydrogens is 288 g/mol. The second-order valence-corrected chi connectivity index (χ2v) is 8.63. The van der Waals surface area contributed by atoms with Gasteiger partial charge in [0.25, 0.3) is 0 Å². The van der Waals surface area contributed by atoms with Crippen LogP contribution in [0.25, 0.3) is 0 Å². The molecule has 4 aliphatic heterocycles. The van der Waals surface area contributed by atoms with Gasteiger partial charge in [-0.15, -0.1) is 0 Å². The molecule has 4 heteroatoms. The summed E-state index contributed by atoms with van der Waals surface area (Å²) in [5.41, 5.74) is 1.34. The van der Waals surface area contributed by atoms with E-state index in [0.29, 0.717) is 6.17 Å². The summed E-state index contributed by atoms with van der Waals surface area (Å²) in [6.07, 6.45) is 0.359. The summed E-state index contributed by atoms with van der Waals surface area (Å²) in [7, 11) is 0. The summed E-state index contributed by atoms with van der Waals surface area (Å²) in [5.74, 6) is 0.937. The van der Waals surface area contributed by atoms with E-state index in [1.165, 1.54) is 5.56 Å². The molecule has 4 fully saturated rings. The Hall–Kier alpha value is -1.10. The van der Waals surface area contributed by atoms with Gasteiger partial charge in [-0.3, -0.25) is 9.80 Å². The number of aliphatic hydroxyl groups is 1. The first kappa shape index (κ1) is 15.4. The summed E-state index contributed by atoms with van der Waals surface area (Å²) in [5, 5.41) is 10.8. The van der Waals surface area contributed by atoms with E-state index in [0.717, 1.165) is 31.9 Å². The van der Waals surface area contributed by atoms with Gasteiger partial charge in [0.05, 0.1) is 18.4 Å². The Labute approximate surface area is 139 Å². The Morgan fingerprint density at radius 2 is 1.48 bits per heavy atom. The van der Waals surface area contributed by atoms with Gasteiger partial charge >= 0.3 is 0 Å². The number of rotatable bonds is 3. The molecule has 0 aromatic heterocycles. The molecule has 1 aromatic carbocycles. The summed E-state index contributed by atoms with van der Waals surface area (Å²) in [6, 6.07) is 8.57. The van der Waals surface area contributed by atoms with Gasteiger partial charge in [0.1, 0.15) is 5.75 Å². The number of aliphatic hydroxyl groups excluding tert-OH is 1. The van der Waals surface area contributed by atoms with E-state index in [4.69, 9.17) is 4.74 Å². The van der Waals surface area contributed by atoms with E-state index in [2.05, 4.69) is 61.8 Å². The van der Waals surface area contributed by atoms with E-state index in [1.54, 1.807) is 0 Å². The molecule has 4 heterocycles. The molecular formula is C19H28N2O2. The van der Waals surface area contributed by atoms with Crippen LogP contribution in [-0.2, 0) is 0 Å². The van der Waals surface area contributed by atoms with Crippen molar-refractivity contribution < 1.29 is 9.84 Å². The highest BCUT2D eigenvalue weighted by Gasteiger charge is 2.61. The van der Waals surface area contributed by atoms with Crippen LogP contribution < -0.4 is 4.74 Å². The van der Waals surface area contributed by atoms with Crippen molar-refractivity contribution in [2.75, 3.05) is 26.2 Å². The maximum absolute atomic E-state index is 10.8. The SMILES string of the molecule is CC(C)Oc1ccc(C2N3CC4(C)CN2CC(C)(C3)C4O)cc1. The van der Waals surface area contributed by atoms with Crippen molar-refractivity contribution in [2.45, 2.75) is 46.1 Å². The topological polar surface area (TPSA) is 35.9 Å². The lowest BCUT2D eigenvalue weighted by Crippen LogP contribution is -2.76. The average molecular weight is 316 g/mol. The lowest BCUT2D eigenvalue weighted by molar-refractivity contribution is -0.253. The quantitative estimate of drug-likeness (QED) is 0.929. The van der Waals surface area contributed by atoms with Crippen LogP contribution >= 0.6 is 0 Å². The summed E-state index contributed by atoms with van der Waals surface area (Å²) >= 11 is 0. The number of hydrogen-bond donors (Lipinski definition) is 1. The third-order valence-corrected chi connectivity index (χ3v) is 5.82. The van der Waals surface area contributed by atoms with E-state index in [1.807, 2.05) is 0 Å². The lowest BCUT2D eigenvalue weighted by Gasteiger charge is -2.68. The molecule has 0 radical (unpaired) electrons. The fourth-order valence-electron chi connectivity index (χ4n) is 5.24. The minimum Gasteiger partial charge on any atom is -0.491 e. The zero-order valence-electron chi connectivity index (χ0n) is 14.6. The van der Waals surface area contributed by atoms with Crippen LogP contribution in [0, 0.1) is 10.8 Å². The Morgan fingerprint density at radius 1 is 1.00 bits per heavy atom. The Morgan fingerprint density at radius 3 is 1.91 bits per heavy atom. The second-order valence-electron chi connectivity index (χ2n) is 8.63. The highest BCUT2D eigenvalue weighted by atomic mass is 16.5. The Bertz CT molecular complexity index is 560. The van der Waals surface area contributed by atoms with Crippen molar-refractivity contribution >= 4 is 0 Å². The molecule has 23 heavy (non-hydrogen) atoms. The Balaban J connectivity index is 1.60. The third-order valence-electron chi connectivity index (χ3n) is 5.82. The Kier molecular flexibility index (Phi) is 3.32. The molecule has 1 N–H and O–H groups in total. The molecule has 5 rings (SSSR count). The van der Waals surface area contributed by atoms with Crippen molar-refractivity contribution in [1.29, 1.82) is 0 Å². The monoisotopic (exact) mass is 316 g/mol. The van der Waals surface area contributed by atoms with Gasteiger partial charge in [-0.2, -0.15) is 0 Å². The van der Waals surface area contributed by atoms with Crippen molar-refractivity contribution in [1.82, 2.24) is 9.80 Å². The number of piperidine rings is 2. The summed E-state index contributed by atoms with van der Waals surface area (Å²) in [6.45, 7) is 12.5. The highest BCUT2D eigenvalue weighted by Crippen LogP contribution is 2.54. The molecule has 4 bridgehead atoms. The van der Waals surface area contributed by atoms with Crippen LogP contribution in [0.4, 0.5) is 0 Å². The maximum Gasteiger partial charge on any atom is 0.119 e. The molecule has 0 amide bonds. The van der Waals surface area contributed by atoms with Crippen molar-refractivity contribution in [2.24, 2.45) is 10.8 Å². The first-order valence-electron chi connectivity index (χ1n) is 8.74. The molecule has 4 saturated heterocycles. The van der Waals surface area contributed by atoms with E-state index in [9.17, 15) is 5.11 Å². The van der Waals surface area contributed by atoms with Gasteiger partial charge in [-0.1, -0.05) is 26.0 Å². The molecule has 4 nitrogen and oxygen atoms in total. The van der Waals surface area contributed by atoms with Crippen LogP contribution in [0.15, 0.2) is 24.3 Å². The van der Waals surface area contributed by atoms with E-state index >= 15 is 0 Å². The van der Waals surface area contributed by atoms with Crippen molar-refractivity contribution in [3.63, 3.8) is 0 Å². The predicted molar refractivity (Wildman–Crippen MR) is 90.3 cm³/mol. The van der Waals surface area contributed by atoms with Gasteiger partial charge in [-0.05, 0) is 31.5 Å². The predicted octanol–water partition coefficient (Wildman–Crippen LogP) is 2.49. The van der Waals surface area contributed by atoms with Gasteiger partial charge in [0.2, 0.25) is 0 Å². The normalized spacial score (nSPS) is 44.8. The standard InChI is InChI=1S/C19H28N2O2/c1-13(2)23-15-7-5-14(6-8-15)16-20-9-18(3)10-21(16)12-19(4,11-20)17(18)22/h5-8,13,16-17,22H,9-12H2,1-4H3. The number of nitrogens with zero attached hydrogens (tertiary/aromatic N) is 2. The lowest BCUT2D eigenvalue weighted by atomic mass is 9.60. The van der Waals surface area contributed by atoms with Crippen LogP contribution in [0.3, 0.4) is 0 Å². The molecule has 4 aliphatic rings. The summed E-state index contributed by atoms with van der Waals surface area (Å²) < 4.78 is 5.76. The molecule has 0 spiro atoms. The maximum atomic E-state index is 10.8. The highest BCUT2D eigenvalue weighted by molar-refractivity contribution is 5.31. The first-order chi connectivity index (χ1) is 10.8. The summed E-state index contributed by atoms with van der Waals surface area (Å²) in [4.78, 5) is 5.11. The third kappa shape index (κ3) is 2.31. The second kappa shape index (κ2) is 4.95. The van der Waals surface area contributed by atoms with Gasteiger partial charge in [-0.25, -0.2) is 0 Å². The van der Waals surface area contributed by atoms with E-state index in [-0.39, 0.29) is 23.0 Å². The van der Waals surface area contributed by atoms with Crippen LogP contribution in [-0.4, -0.2) is 53.3 Å². The molecule has 0 atom stereocenters. The van der Waals surface area contributed by atoms with E-state index < -0.39 is 0 Å². The van der Waals surface area contributed by atoms with Gasteiger partial charge < -0.3 is 9.84 Å². The van der Waals surface area contributed by atoms with Crippen molar-refractivity contribution in [3.8, 4) is 5.75 Å². The number of hydrogen-bond acceptors (Lipinski definition) is 4. The number of ether oxygens (including phenoxy) is 1. The van der Waals surface area contributed by atoms with Crippen LogP contribution in [0.2, 0.25) is 0 Å². The first-order valence-corrected chi connectivity index (χ1v) is 8.74. The largest absolute Gasteiger partial charge is 0.491 e. The molecule has 0 aliphatic carbocycles. The fraction of sp³-hybridized carbons (Fsp3) is 0.684. The van der Waals surface area contributed by atoms with Crippen LogP contribution in [0.1, 0.15) is 39.4 Å². The van der Waals surface area contributed by atoms with Crippen molar-refractivity contribution in [3.05, 3.63) is 29.8 Å². The van der Waals surface area contributed by atoms with Crippen LogP contribution in [0.5, 0.6) is 5.75 Å². The minimum atomic E-state index is -0.190. The van der Waals surface area contributed by atoms with Gasteiger partial charge in [0, 0.05) is 37.0 Å². The zero-order chi connectivity index (χ0) is 16.4.